The summed E-state index contributed by atoms with van der Waals surface area (Å²) in [6, 6.07) is 4.80. The van der Waals surface area contributed by atoms with Gasteiger partial charge in [-0.05, 0) is 63.5 Å². The zero-order valence-corrected chi connectivity index (χ0v) is 26.6. The van der Waals surface area contributed by atoms with Gasteiger partial charge in [0, 0.05) is 58.4 Å². The predicted octanol–water partition coefficient (Wildman–Crippen LogP) is 5.02. The fourth-order valence-electron chi connectivity index (χ4n) is 6.53. The molecule has 3 N–H and O–H groups in total. The monoisotopic (exact) mass is 583 g/mol. The lowest BCUT2D eigenvalue weighted by Gasteiger charge is -2.33. The van der Waals surface area contributed by atoms with Crippen LogP contribution in [0.3, 0.4) is 0 Å². The highest BCUT2D eigenvalue weighted by Gasteiger charge is 2.25. The van der Waals surface area contributed by atoms with E-state index in [0.29, 0.717) is 11.7 Å². The van der Waals surface area contributed by atoms with Crippen LogP contribution in [-0.4, -0.2) is 88.1 Å². The number of amides is 1. The quantitative estimate of drug-likeness (QED) is 0.338. The molecule has 0 atom stereocenters. The van der Waals surface area contributed by atoms with Crippen LogP contribution >= 0.6 is 0 Å². The standard InChI is InChI=1S/C27H43N7O2.C6H14/c1-32-26-23(10-11-24(30-26)34-15-4-2-3-5-16-34)25(31-32)27(36)29-21-12-17-33(18-13-21)19-14-28-20-6-8-22(35)9-7-20;1-3-5-6-4-2/h10-11,20-22,28,35H,2-9,12-19H2,1H3,(H,29,36);3-6H2,1-2H3. The number of hydrogen-bond acceptors (Lipinski definition) is 7. The molecule has 9 nitrogen and oxygen atoms in total. The smallest absolute Gasteiger partial charge is 0.272 e. The van der Waals surface area contributed by atoms with Crippen molar-refractivity contribution in [3.05, 3.63) is 17.8 Å². The number of aliphatic hydroxyl groups is 1. The number of nitrogens with one attached hydrogen (secondary N) is 2. The Hall–Kier alpha value is -2.23. The second-order valence-electron chi connectivity index (χ2n) is 12.7. The van der Waals surface area contributed by atoms with Gasteiger partial charge in [0.1, 0.15) is 5.82 Å². The van der Waals surface area contributed by atoms with E-state index < -0.39 is 0 Å². The number of carbonyl (C=O) groups excluding carboxylic acids is 1. The van der Waals surface area contributed by atoms with E-state index in [0.717, 1.165) is 94.6 Å². The first kappa shape index (κ1) is 32.7. The number of anilines is 1. The van der Waals surface area contributed by atoms with Crippen molar-refractivity contribution >= 4 is 22.8 Å². The number of unbranched alkanes of at least 4 members (excludes halogenated alkanes) is 3. The summed E-state index contributed by atoms with van der Waals surface area (Å²) in [6.07, 6.45) is 16.3. The molecular weight excluding hydrogens is 526 g/mol. The second-order valence-corrected chi connectivity index (χ2v) is 12.7. The Morgan fingerprint density at radius 2 is 1.57 bits per heavy atom. The third kappa shape index (κ3) is 9.64. The molecule has 42 heavy (non-hydrogen) atoms. The number of carbonyl (C=O) groups is 1. The molecule has 0 radical (unpaired) electrons. The number of likely N-dealkylation sites (tertiary alicyclic amines) is 1. The van der Waals surface area contributed by atoms with Crippen LogP contribution in [0.1, 0.15) is 114 Å². The number of hydrogen-bond donors (Lipinski definition) is 3. The van der Waals surface area contributed by atoms with Gasteiger partial charge in [0.05, 0.1) is 11.5 Å². The van der Waals surface area contributed by atoms with Gasteiger partial charge in [-0.2, -0.15) is 5.10 Å². The third-order valence-electron chi connectivity index (χ3n) is 9.25. The molecule has 0 aromatic carbocycles. The summed E-state index contributed by atoms with van der Waals surface area (Å²) in [5, 5.41) is 21.9. The van der Waals surface area contributed by atoms with Crippen LogP contribution in [0.5, 0.6) is 0 Å². The van der Waals surface area contributed by atoms with Crippen molar-refractivity contribution in [1.82, 2.24) is 30.3 Å². The molecule has 0 bridgehead atoms. The number of aliphatic hydroxyl groups excluding tert-OH is 1. The highest BCUT2D eigenvalue weighted by atomic mass is 16.3. The molecule has 1 amide bonds. The van der Waals surface area contributed by atoms with Crippen molar-refractivity contribution in [3.8, 4) is 0 Å². The Morgan fingerprint density at radius 3 is 2.21 bits per heavy atom. The van der Waals surface area contributed by atoms with Crippen LogP contribution in [0.25, 0.3) is 11.0 Å². The average Bonchev–Trinajstić information content (AvgIpc) is 3.15. The number of piperidine rings is 1. The lowest BCUT2D eigenvalue weighted by molar-refractivity contribution is 0.0906. The molecule has 2 aromatic rings. The zero-order valence-electron chi connectivity index (χ0n) is 26.6. The molecule has 5 rings (SSSR count). The summed E-state index contributed by atoms with van der Waals surface area (Å²) < 4.78 is 1.74. The minimum Gasteiger partial charge on any atom is -0.393 e. The Labute approximate surface area is 253 Å². The molecule has 2 aromatic heterocycles. The van der Waals surface area contributed by atoms with Crippen molar-refractivity contribution in [2.24, 2.45) is 7.05 Å². The molecule has 0 unspecified atom stereocenters. The van der Waals surface area contributed by atoms with Crippen LogP contribution in [-0.2, 0) is 7.05 Å². The lowest BCUT2D eigenvalue weighted by atomic mass is 9.93. The molecule has 2 saturated heterocycles. The number of fused-ring (bicyclic) bond motifs is 1. The van der Waals surface area contributed by atoms with Gasteiger partial charge in [0.2, 0.25) is 0 Å². The van der Waals surface area contributed by atoms with E-state index in [1.165, 1.54) is 51.4 Å². The summed E-state index contributed by atoms with van der Waals surface area (Å²) in [6.45, 7) is 10.6. The largest absolute Gasteiger partial charge is 0.393 e. The predicted molar refractivity (Wildman–Crippen MR) is 172 cm³/mol. The van der Waals surface area contributed by atoms with E-state index in [2.05, 4.69) is 39.4 Å². The van der Waals surface area contributed by atoms with E-state index in [1.807, 2.05) is 19.2 Å². The van der Waals surface area contributed by atoms with Crippen LogP contribution < -0.4 is 15.5 Å². The summed E-state index contributed by atoms with van der Waals surface area (Å²) >= 11 is 0. The minimum atomic E-state index is -0.0979. The molecule has 3 fully saturated rings. The highest BCUT2D eigenvalue weighted by Crippen LogP contribution is 2.24. The molecule has 9 heteroatoms. The summed E-state index contributed by atoms with van der Waals surface area (Å²) in [7, 11) is 1.88. The molecule has 1 aliphatic carbocycles. The maximum Gasteiger partial charge on any atom is 0.272 e. The number of rotatable bonds is 10. The lowest BCUT2D eigenvalue weighted by Crippen LogP contribution is -2.47. The van der Waals surface area contributed by atoms with Crippen LogP contribution in [0.4, 0.5) is 5.82 Å². The van der Waals surface area contributed by atoms with E-state index in [9.17, 15) is 9.90 Å². The SMILES string of the molecule is CCCCCC.Cn1nc(C(=O)NC2CCN(CCNC3CCC(O)CC3)CC2)c2ccc(N3CCCCCC3)nc21. The number of aryl methyl sites for hydroxylation is 1. The third-order valence-corrected chi connectivity index (χ3v) is 9.25. The van der Waals surface area contributed by atoms with Gasteiger partial charge >= 0.3 is 0 Å². The molecule has 4 heterocycles. The fourth-order valence-corrected chi connectivity index (χ4v) is 6.53. The van der Waals surface area contributed by atoms with Crippen LogP contribution in [0.2, 0.25) is 0 Å². The highest BCUT2D eigenvalue weighted by molar-refractivity contribution is 6.04. The maximum absolute atomic E-state index is 13.2. The number of aromatic nitrogens is 3. The van der Waals surface area contributed by atoms with Gasteiger partial charge in [-0.15, -0.1) is 0 Å². The van der Waals surface area contributed by atoms with Gasteiger partial charge in [-0.25, -0.2) is 9.67 Å². The van der Waals surface area contributed by atoms with Gasteiger partial charge in [-0.1, -0.05) is 52.4 Å². The first-order valence-corrected chi connectivity index (χ1v) is 17.0. The van der Waals surface area contributed by atoms with Crippen molar-refractivity contribution < 1.29 is 9.90 Å². The second kappa shape index (κ2) is 17.2. The molecule has 1 saturated carbocycles. The minimum absolute atomic E-state index is 0.0930. The van der Waals surface area contributed by atoms with E-state index in [1.54, 1.807) is 4.68 Å². The van der Waals surface area contributed by atoms with Crippen molar-refractivity contribution in [2.75, 3.05) is 44.2 Å². The van der Waals surface area contributed by atoms with Crippen LogP contribution in [0.15, 0.2) is 12.1 Å². The van der Waals surface area contributed by atoms with E-state index in [-0.39, 0.29) is 18.1 Å². The Morgan fingerprint density at radius 1 is 0.905 bits per heavy atom. The van der Waals surface area contributed by atoms with E-state index in [4.69, 9.17) is 4.98 Å². The number of nitrogens with zero attached hydrogens (tertiary/aromatic N) is 5. The molecule has 0 spiro atoms. The first-order chi connectivity index (χ1) is 20.5. The Balaban J connectivity index is 0.000000612. The zero-order chi connectivity index (χ0) is 29.7. The molecule has 236 valence electrons. The fraction of sp³-hybridized carbons (Fsp3) is 0.788. The Kier molecular flexibility index (Phi) is 13.4. The van der Waals surface area contributed by atoms with Gasteiger partial charge in [0.25, 0.3) is 5.91 Å². The van der Waals surface area contributed by atoms with Crippen molar-refractivity contribution in [1.29, 1.82) is 0 Å². The average molecular weight is 584 g/mol. The molecule has 3 aliphatic rings. The van der Waals surface area contributed by atoms with Crippen LogP contribution in [0, 0.1) is 0 Å². The van der Waals surface area contributed by atoms with Crippen molar-refractivity contribution in [3.63, 3.8) is 0 Å². The molecular formula is C33H57N7O2. The molecule has 2 aliphatic heterocycles. The normalized spacial score (nSPS) is 22.4. The topological polar surface area (TPSA) is 98.5 Å². The summed E-state index contributed by atoms with van der Waals surface area (Å²) in [5.74, 6) is 0.895. The van der Waals surface area contributed by atoms with Crippen molar-refractivity contribution in [2.45, 2.75) is 122 Å². The van der Waals surface area contributed by atoms with Gasteiger partial charge < -0.3 is 25.5 Å². The summed E-state index contributed by atoms with van der Waals surface area (Å²) in [4.78, 5) is 22.9. The number of pyridine rings is 1. The van der Waals surface area contributed by atoms with E-state index >= 15 is 0 Å². The summed E-state index contributed by atoms with van der Waals surface area (Å²) in [5.41, 5.74) is 1.25. The maximum atomic E-state index is 13.2. The van der Waals surface area contributed by atoms with Gasteiger partial charge in [0.15, 0.2) is 11.3 Å². The first-order valence-electron chi connectivity index (χ1n) is 17.0. The Bertz CT molecular complexity index is 1060. The van der Waals surface area contributed by atoms with Gasteiger partial charge in [-0.3, -0.25) is 4.79 Å².